The van der Waals surface area contributed by atoms with Crippen LogP contribution >= 0.6 is 11.3 Å². The highest BCUT2D eigenvalue weighted by Gasteiger charge is 2.23. The van der Waals surface area contributed by atoms with E-state index in [0.29, 0.717) is 24.4 Å². The first-order valence-electron chi connectivity index (χ1n) is 8.51. The molecule has 1 aromatic carbocycles. The van der Waals surface area contributed by atoms with Crippen LogP contribution in [0.4, 0.5) is 14.7 Å². The molecule has 0 fully saturated rings. The van der Waals surface area contributed by atoms with Crippen LogP contribution in [0, 0.1) is 0 Å². The van der Waals surface area contributed by atoms with E-state index in [9.17, 15) is 13.6 Å². The molecule has 3 heterocycles. The molecule has 4 aromatic rings. The maximum absolute atomic E-state index is 13.1. The number of pyridine rings is 1. The summed E-state index contributed by atoms with van der Waals surface area (Å²) in [5.74, 6) is -0.345. The van der Waals surface area contributed by atoms with Crippen LogP contribution < -0.4 is 5.32 Å². The zero-order chi connectivity index (χ0) is 19.5. The molecule has 0 radical (unpaired) electrons. The van der Waals surface area contributed by atoms with Gasteiger partial charge in [-0.05, 0) is 24.3 Å². The Kier molecular flexibility index (Phi) is 5.07. The van der Waals surface area contributed by atoms with Crippen molar-refractivity contribution < 1.29 is 13.6 Å². The largest absolute Gasteiger partial charge is 0.310 e. The molecule has 1 amide bonds. The molecular weight excluding hydrogens is 384 g/mol. The highest BCUT2D eigenvalue weighted by molar-refractivity contribution is 7.12. The number of carbonyl (C=O) groups excluding carboxylic acids is 1. The molecule has 0 aliphatic rings. The van der Waals surface area contributed by atoms with E-state index < -0.39 is 18.0 Å². The Bertz CT molecular complexity index is 1110. The van der Waals surface area contributed by atoms with Gasteiger partial charge in [0.05, 0.1) is 16.5 Å². The first-order valence-corrected chi connectivity index (χ1v) is 9.39. The number of hydrogen-bond donors (Lipinski definition) is 1. The predicted molar refractivity (Wildman–Crippen MR) is 103 cm³/mol. The highest BCUT2D eigenvalue weighted by atomic mass is 32.1. The second kappa shape index (κ2) is 7.81. The minimum absolute atomic E-state index is 0.113. The Morgan fingerprint density at radius 2 is 1.96 bits per heavy atom. The summed E-state index contributed by atoms with van der Waals surface area (Å²) < 4.78 is 28.0. The molecule has 28 heavy (non-hydrogen) atoms. The summed E-state index contributed by atoms with van der Waals surface area (Å²) in [4.78, 5) is 24.8. The fraction of sp³-hybridized carbons (Fsp3) is 0.158. The van der Waals surface area contributed by atoms with Gasteiger partial charge in [-0.1, -0.05) is 18.2 Å². The number of carbonyl (C=O) groups is 1. The Hall–Kier alpha value is -3.20. The molecule has 0 unspecified atom stereocenters. The average Bonchev–Trinajstić information content (AvgIpc) is 3.32. The molecule has 142 valence electrons. The molecule has 0 aliphatic carbocycles. The summed E-state index contributed by atoms with van der Waals surface area (Å²) in [6.07, 6.45) is -0.456. The fourth-order valence-corrected chi connectivity index (χ4v) is 3.60. The number of fused-ring (bicyclic) bond motifs is 1. The van der Waals surface area contributed by atoms with Crippen LogP contribution in [-0.4, -0.2) is 25.4 Å². The molecule has 3 aromatic heterocycles. The number of para-hydroxylation sites is 2. The summed E-state index contributed by atoms with van der Waals surface area (Å²) >= 11 is 0.878. The summed E-state index contributed by atoms with van der Waals surface area (Å²) in [6, 6.07) is 13.1. The second-order valence-corrected chi connectivity index (χ2v) is 6.82. The van der Waals surface area contributed by atoms with Gasteiger partial charge in [-0.15, -0.1) is 11.3 Å². The summed E-state index contributed by atoms with van der Waals surface area (Å²) in [5.41, 5.74) is 3.17. The third-order valence-electron chi connectivity index (χ3n) is 4.21. The van der Waals surface area contributed by atoms with Gasteiger partial charge < -0.3 is 4.57 Å². The van der Waals surface area contributed by atoms with Crippen LogP contribution in [0.25, 0.3) is 11.0 Å². The number of imidazole rings is 1. The maximum Gasteiger partial charge on any atom is 0.281 e. The van der Waals surface area contributed by atoms with Crippen molar-refractivity contribution in [2.75, 3.05) is 5.32 Å². The maximum atomic E-state index is 13.1. The monoisotopic (exact) mass is 399 g/mol. The highest BCUT2D eigenvalue weighted by Crippen LogP contribution is 2.26. The number of aryl methyl sites for hydroxylation is 2. The van der Waals surface area contributed by atoms with E-state index in [4.69, 9.17) is 0 Å². The number of alkyl halides is 2. The van der Waals surface area contributed by atoms with E-state index in [1.54, 1.807) is 6.20 Å². The van der Waals surface area contributed by atoms with Crippen LogP contribution in [0.15, 0.2) is 54.2 Å². The summed E-state index contributed by atoms with van der Waals surface area (Å²) in [6.45, 7) is 0.525. The van der Waals surface area contributed by atoms with Crippen LogP contribution in [0.2, 0.25) is 0 Å². The topological polar surface area (TPSA) is 72.7 Å². The van der Waals surface area contributed by atoms with Crippen LogP contribution in [0.3, 0.4) is 0 Å². The van der Waals surface area contributed by atoms with Crippen molar-refractivity contribution in [1.29, 1.82) is 0 Å². The molecule has 6 nitrogen and oxygen atoms in total. The minimum atomic E-state index is -2.81. The second-order valence-electron chi connectivity index (χ2n) is 5.97. The molecule has 0 saturated heterocycles. The van der Waals surface area contributed by atoms with Gasteiger partial charge in [-0.25, -0.2) is 18.7 Å². The van der Waals surface area contributed by atoms with E-state index in [0.717, 1.165) is 22.5 Å². The van der Waals surface area contributed by atoms with Crippen LogP contribution in [-0.2, 0) is 13.0 Å². The SMILES string of the molecule is O=C(Nc1nc2ccccc2n1CCc1ccccn1)c1scnc1C(F)F. The Labute approximate surface area is 162 Å². The van der Waals surface area contributed by atoms with E-state index >= 15 is 0 Å². The minimum Gasteiger partial charge on any atom is -0.310 e. The lowest BCUT2D eigenvalue weighted by Gasteiger charge is -2.10. The van der Waals surface area contributed by atoms with Crippen molar-refractivity contribution in [2.45, 2.75) is 19.4 Å². The fourth-order valence-electron chi connectivity index (χ4n) is 2.91. The lowest BCUT2D eigenvalue weighted by atomic mass is 10.2. The van der Waals surface area contributed by atoms with Gasteiger partial charge in [0, 0.05) is 24.9 Å². The lowest BCUT2D eigenvalue weighted by molar-refractivity contribution is 0.101. The Balaban J connectivity index is 1.64. The molecular formula is C19H15F2N5OS. The van der Waals surface area contributed by atoms with Crippen molar-refractivity contribution in [3.05, 3.63) is 70.4 Å². The van der Waals surface area contributed by atoms with E-state index in [2.05, 4.69) is 20.3 Å². The number of anilines is 1. The van der Waals surface area contributed by atoms with Gasteiger partial charge in [-0.3, -0.25) is 15.1 Å². The lowest BCUT2D eigenvalue weighted by Crippen LogP contribution is -2.17. The van der Waals surface area contributed by atoms with Gasteiger partial charge >= 0.3 is 0 Å². The Morgan fingerprint density at radius 3 is 2.75 bits per heavy atom. The number of benzene rings is 1. The van der Waals surface area contributed by atoms with E-state index in [1.165, 1.54) is 5.51 Å². The van der Waals surface area contributed by atoms with Gasteiger partial charge in [0.25, 0.3) is 12.3 Å². The van der Waals surface area contributed by atoms with Crippen LogP contribution in [0.5, 0.6) is 0 Å². The van der Waals surface area contributed by atoms with Crippen molar-refractivity contribution in [3.8, 4) is 0 Å². The third-order valence-corrected chi connectivity index (χ3v) is 5.05. The van der Waals surface area contributed by atoms with Gasteiger partial charge in [0.2, 0.25) is 5.95 Å². The number of halogens is 2. The first-order chi connectivity index (χ1) is 13.6. The number of nitrogens with zero attached hydrogens (tertiary/aromatic N) is 4. The number of amides is 1. The van der Waals surface area contributed by atoms with Crippen molar-refractivity contribution in [3.63, 3.8) is 0 Å². The van der Waals surface area contributed by atoms with Gasteiger partial charge in [-0.2, -0.15) is 0 Å². The number of rotatable bonds is 6. The molecule has 0 atom stereocenters. The van der Waals surface area contributed by atoms with E-state index in [1.807, 2.05) is 47.0 Å². The molecule has 9 heteroatoms. The Morgan fingerprint density at radius 1 is 1.14 bits per heavy atom. The summed E-state index contributed by atoms with van der Waals surface area (Å²) in [5, 5.41) is 2.66. The average molecular weight is 399 g/mol. The zero-order valence-corrected chi connectivity index (χ0v) is 15.4. The quantitative estimate of drug-likeness (QED) is 0.524. The van der Waals surface area contributed by atoms with Gasteiger partial charge in [0.1, 0.15) is 10.6 Å². The molecule has 0 spiro atoms. The number of nitrogens with one attached hydrogen (secondary N) is 1. The van der Waals surface area contributed by atoms with E-state index in [-0.39, 0.29) is 4.88 Å². The van der Waals surface area contributed by atoms with Crippen molar-refractivity contribution >= 4 is 34.2 Å². The summed E-state index contributed by atoms with van der Waals surface area (Å²) in [7, 11) is 0. The number of hydrogen-bond acceptors (Lipinski definition) is 5. The first kappa shape index (κ1) is 18.2. The standard InChI is InChI=1S/C19H15F2N5OS/c20-17(21)15-16(28-11-23-15)18(27)25-19-24-13-6-1-2-7-14(13)26(19)10-8-12-5-3-4-9-22-12/h1-7,9,11,17H,8,10H2,(H,24,25,27). The van der Waals surface area contributed by atoms with Gasteiger partial charge in [0.15, 0.2) is 0 Å². The molecule has 0 saturated carbocycles. The zero-order valence-electron chi connectivity index (χ0n) is 14.5. The number of thiazole rings is 1. The molecule has 0 aliphatic heterocycles. The molecule has 0 bridgehead atoms. The predicted octanol–water partition coefficient (Wildman–Crippen LogP) is 4.32. The molecule has 1 N–H and O–H groups in total. The normalized spacial score (nSPS) is 11.2. The van der Waals surface area contributed by atoms with Crippen molar-refractivity contribution in [2.24, 2.45) is 0 Å². The number of aromatic nitrogens is 4. The third kappa shape index (κ3) is 3.61. The van der Waals surface area contributed by atoms with Crippen molar-refractivity contribution in [1.82, 2.24) is 19.5 Å². The van der Waals surface area contributed by atoms with Crippen LogP contribution in [0.1, 0.15) is 27.5 Å². The smallest absolute Gasteiger partial charge is 0.281 e. The molecule has 4 rings (SSSR count).